The van der Waals surface area contributed by atoms with Crippen LogP contribution in [-0.2, 0) is 9.53 Å². The standard InChI is InChI=1S/C16H22ClF3N4O3S/c1-2-7-28-15-23-12(17)11(22-14(26)16(18,19)20)13(24-15)21-9-3-4-10(8-9)27-6-5-25/h9-10,25H,2-8H2,1H3,(H,22,26)(H,21,23,24). The van der Waals surface area contributed by atoms with Gasteiger partial charge in [0.25, 0.3) is 0 Å². The van der Waals surface area contributed by atoms with Gasteiger partial charge in [0.1, 0.15) is 5.69 Å². The highest BCUT2D eigenvalue weighted by molar-refractivity contribution is 7.99. The number of aromatic nitrogens is 2. The molecule has 0 saturated heterocycles. The number of hydrogen-bond donors (Lipinski definition) is 3. The Balaban J connectivity index is 2.20. The van der Waals surface area contributed by atoms with Crippen LogP contribution in [0.5, 0.6) is 0 Å². The molecule has 1 fully saturated rings. The number of carbonyl (C=O) groups is 1. The molecule has 1 amide bonds. The number of nitrogens with zero attached hydrogens (tertiary/aromatic N) is 2. The van der Waals surface area contributed by atoms with Crippen LogP contribution in [0.15, 0.2) is 5.16 Å². The highest BCUT2D eigenvalue weighted by atomic mass is 35.5. The Hall–Kier alpha value is -1.30. The van der Waals surface area contributed by atoms with Gasteiger partial charge in [-0.25, -0.2) is 9.97 Å². The summed E-state index contributed by atoms with van der Waals surface area (Å²) in [4.78, 5) is 19.6. The molecule has 1 aliphatic rings. The van der Waals surface area contributed by atoms with Gasteiger partial charge in [-0.1, -0.05) is 30.3 Å². The number of carbonyl (C=O) groups excluding carboxylic acids is 1. The second kappa shape index (κ2) is 10.5. The third kappa shape index (κ3) is 6.64. The van der Waals surface area contributed by atoms with Crippen molar-refractivity contribution in [3.63, 3.8) is 0 Å². The number of aliphatic hydroxyl groups excluding tert-OH is 1. The zero-order chi connectivity index (χ0) is 20.7. The molecule has 12 heteroatoms. The lowest BCUT2D eigenvalue weighted by molar-refractivity contribution is -0.167. The van der Waals surface area contributed by atoms with Crippen molar-refractivity contribution < 1.29 is 27.8 Å². The van der Waals surface area contributed by atoms with E-state index in [9.17, 15) is 18.0 Å². The summed E-state index contributed by atoms with van der Waals surface area (Å²) in [5.41, 5.74) is -0.301. The van der Waals surface area contributed by atoms with Crippen LogP contribution in [0.25, 0.3) is 0 Å². The van der Waals surface area contributed by atoms with Gasteiger partial charge in [0.2, 0.25) is 0 Å². The summed E-state index contributed by atoms with van der Waals surface area (Å²) in [6.07, 6.45) is -2.25. The smallest absolute Gasteiger partial charge is 0.394 e. The van der Waals surface area contributed by atoms with Gasteiger partial charge >= 0.3 is 12.1 Å². The number of alkyl halides is 3. The average Bonchev–Trinajstić information content (AvgIpc) is 3.07. The van der Waals surface area contributed by atoms with Crippen LogP contribution in [-0.4, -0.2) is 58.3 Å². The Kier molecular flexibility index (Phi) is 8.59. The molecule has 1 heterocycles. The SMILES string of the molecule is CCCSc1nc(Cl)c(NC(=O)C(F)(F)F)c(NC2CCC(OCCO)C2)n1. The molecule has 0 radical (unpaired) electrons. The summed E-state index contributed by atoms with van der Waals surface area (Å²) in [6, 6.07) is -0.125. The van der Waals surface area contributed by atoms with Gasteiger partial charge < -0.3 is 20.5 Å². The highest BCUT2D eigenvalue weighted by Gasteiger charge is 2.40. The number of thioether (sulfide) groups is 1. The van der Waals surface area contributed by atoms with E-state index in [1.165, 1.54) is 11.8 Å². The van der Waals surface area contributed by atoms with Crippen LogP contribution in [0.4, 0.5) is 24.7 Å². The van der Waals surface area contributed by atoms with E-state index in [0.29, 0.717) is 23.8 Å². The number of halogens is 4. The van der Waals surface area contributed by atoms with Crippen molar-refractivity contribution in [2.24, 2.45) is 0 Å². The maximum Gasteiger partial charge on any atom is 0.471 e. The molecule has 2 unspecified atom stereocenters. The number of hydrogen-bond acceptors (Lipinski definition) is 7. The number of ether oxygens (including phenoxy) is 1. The molecule has 0 aromatic carbocycles. The largest absolute Gasteiger partial charge is 0.471 e. The molecule has 158 valence electrons. The molecule has 0 aliphatic heterocycles. The van der Waals surface area contributed by atoms with E-state index in [1.807, 2.05) is 6.92 Å². The van der Waals surface area contributed by atoms with Crippen molar-refractivity contribution in [2.45, 2.75) is 56.1 Å². The molecule has 2 atom stereocenters. The maximum absolute atomic E-state index is 12.7. The van der Waals surface area contributed by atoms with Gasteiger partial charge in [-0.3, -0.25) is 4.79 Å². The van der Waals surface area contributed by atoms with E-state index in [0.717, 1.165) is 12.8 Å². The first-order valence-electron chi connectivity index (χ1n) is 8.82. The van der Waals surface area contributed by atoms with Gasteiger partial charge in [-0.15, -0.1) is 0 Å². The fourth-order valence-corrected chi connectivity index (χ4v) is 3.67. The fraction of sp³-hybridized carbons (Fsp3) is 0.688. The van der Waals surface area contributed by atoms with Crippen LogP contribution in [0, 0.1) is 0 Å². The zero-order valence-corrected chi connectivity index (χ0v) is 16.8. The molecular weight excluding hydrogens is 421 g/mol. The lowest BCUT2D eigenvalue weighted by Crippen LogP contribution is -2.31. The van der Waals surface area contributed by atoms with Crippen LogP contribution in [0.2, 0.25) is 5.15 Å². The first kappa shape index (κ1) is 23.0. The molecule has 1 saturated carbocycles. The van der Waals surface area contributed by atoms with E-state index >= 15 is 0 Å². The van der Waals surface area contributed by atoms with Crippen LogP contribution in [0.1, 0.15) is 32.6 Å². The van der Waals surface area contributed by atoms with E-state index in [-0.39, 0.29) is 42.0 Å². The summed E-state index contributed by atoms with van der Waals surface area (Å²) in [5, 5.41) is 13.7. The van der Waals surface area contributed by atoms with E-state index < -0.39 is 12.1 Å². The van der Waals surface area contributed by atoms with E-state index in [4.69, 9.17) is 21.4 Å². The summed E-state index contributed by atoms with van der Waals surface area (Å²) >= 11 is 7.37. The Morgan fingerprint density at radius 3 is 2.79 bits per heavy atom. The molecule has 7 nitrogen and oxygen atoms in total. The van der Waals surface area contributed by atoms with Gasteiger partial charge in [-0.2, -0.15) is 13.2 Å². The molecule has 0 bridgehead atoms. The van der Waals surface area contributed by atoms with Crippen molar-refractivity contribution in [3.8, 4) is 0 Å². The second-order valence-electron chi connectivity index (χ2n) is 6.19. The minimum absolute atomic E-state index is 0.0454. The van der Waals surface area contributed by atoms with Gasteiger partial charge in [-0.05, 0) is 25.7 Å². The number of nitrogens with one attached hydrogen (secondary N) is 2. The number of rotatable bonds is 9. The van der Waals surface area contributed by atoms with E-state index in [1.54, 1.807) is 5.32 Å². The monoisotopic (exact) mass is 442 g/mol. The summed E-state index contributed by atoms with van der Waals surface area (Å²) < 4.78 is 43.5. The van der Waals surface area contributed by atoms with Crippen LogP contribution < -0.4 is 10.6 Å². The molecular formula is C16H22ClF3N4O3S. The van der Waals surface area contributed by atoms with Gasteiger partial charge in [0.15, 0.2) is 16.1 Å². The maximum atomic E-state index is 12.7. The second-order valence-corrected chi connectivity index (χ2v) is 7.61. The number of aliphatic hydroxyl groups is 1. The minimum atomic E-state index is -5.06. The van der Waals surface area contributed by atoms with Crippen molar-refractivity contribution in [1.82, 2.24) is 9.97 Å². The van der Waals surface area contributed by atoms with Gasteiger partial charge in [0.05, 0.1) is 19.3 Å². The average molecular weight is 443 g/mol. The molecule has 2 rings (SSSR count). The summed E-state index contributed by atoms with van der Waals surface area (Å²) in [6.45, 7) is 2.11. The Labute approximate surface area is 169 Å². The van der Waals surface area contributed by atoms with Crippen LogP contribution >= 0.6 is 23.4 Å². The highest BCUT2D eigenvalue weighted by Crippen LogP contribution is 2.34. The van der Waals surface area contributed by atoms with Crippen molar-refractivity contribution >= 4 is 40.8 Å². The van der Waals surface area contributed by atoms with Crippen molar-refractivity contribution in [3.05, 3.63) is 5.15 Å². The topological polar surface area (TPSA) is 96.4 Å². The number of anilines is 2. The molecule has 1 aromatic heterocycles. The molecule has 1 aliphatic carbocycles. The van der Waals surface area contributed by atoms with Crippen molar-refractivity contribution in [1.29, 1.82) is 0 Å². The Morgan fingerprint density at radius 1 is 1.39 bits per heavy atom. The third-order valence-electron chi connectivity index (χ3n) is 3.95. The lowest BCUT2D eigenvalue weighted by atomic mass is 10.2. The Bertz CT molecular complexity index is 681. The predicted molar refractivity (Wildman–Crippen MR) is 101 cm³/mol. The lowest BCUT2D eigenvalue weighted by Gasteiger charge is -2.19. The molecule has 28 heavy (non-hydrogen) atoms. The molecule has 1 aromatic rings. The van der Waals surface area contributed by atoms with Crippen LogP contribution in [0.3, 0.4) is 0 Å². The summed E-state index contributed by atoms with van der Waals surface area (Å²) in [7, 11) is 0. The first-order valence-corrected chi connectivity index (χ1v) is 10.2. The first-order chi connectivity index (χ1) is 13.2. The molecule has 3 N–H and O–H groups in total. The van der Waals surface area contributed by atoms with E-state index in [2.05, 4.69) is 15.3 Å². The van der Waals surface area contributed by atoms with Crippen molar-refractivity contribution in [2.75, 3.05) is 29.6 Å². The Morgan fingerprint density at radius 2 is 2.14 bits per heavy atom. The quantitative estimate of drug-likeness (QED) is 0.306. The molecule has 0 spiro atoms. The van der Waals surface area contributed by atoms with Gasteiger partial charge in [0, 0.05) is 11.8 Å². The number of amides is 1. The predicted octanol–water partition coefficient (Wildman–Crippen LogP) is 3.47. The fourth-order valence-electron chi connectivity index (χ4n) is 2.71. The third-order valence-corrected chi connectivity index (χ3v) is 5.27. The minimum Gasteiger partial charge on any atom is -0.394 e. The normalized spacial score (nSPS) is 19.6. The summed E-state index contributed by atoms with van der Waals surface area (Å²) in [5.74, 6) is -1.39. The zero-order valence-electron chi connectivity index (χ0n) is 15.2.